The van der Waals surface area contributed by atoms with Crippen LogP contribution in [0.15, 0.2) is 48.5 Å². The molecule has 0 aliphatic carbocycles. The monoisotopic (exact) mass is 311 g/mol. The standard InChI is InChI=1S/C20H25NO2/c1-4-17-7-9-18(10-8-17)13-20(22)21-16(3)14-23-19-11-5-15(2)6-12-19/h5-12,16H,4,13-14H2,1-3H3,(H,21,22)/t16-/m0/s1. The Bertz CT molecular complexity index is 617. The van der Waals surface area contributed by atoms with Gasteiger partial charge in [-0.05, 0) is 43.5 Å². The number of carbonyl (C=O) groups excluding carboxylic acids is 1. The van der Waals surface area contributed by atoms with Gasteiger partial charge in [0.15, 0.2) is 0 Å². The van der Waals surface area contributed by atoms with Crippen LogP contribution in [0.25, 0.3) is 0 Å². The van der Waals surface area contributed by atoms with Crippen LogP contribution in [0.2, 0.25) is 0 Å². The Balaban J connectivity index is 1.76. The minimum absolute atomic E-state index is 0.0225. The first-order valence-electron chi connectivity index (χ1n) is 8.13. The highest BCUT2D eigenvalue weighted by Crippen LogP contribution is 2.11. The van der Waals surface area contributed by atoms with Crippen molar-refractivity contribution in [3.8, 4) is 5.75 Å². The number of benzene rings is 2. The first kappa shape index (κ1) is 17.1. The van der Waals surface area contributed by atoms with Gasteiger partial charge in [0.25, 0.3) is 0 Å². The smallest absolute Gasteiger partial charge is 0.224 e. The minimum atomic E-state index is -0.0290. The van der Waals surface area contributed by atoms with Gasteiger partial charge in [0.05, 0.1) is 12.5 Å². The van der Waals surface area contributed by atoms with E-state index in [9.17, 15) is 4.79 Å². The van der Waals surface area contributed by atoms with E-state index in [0.29, 0.717) is 13.0 Å². The molecule has 2 rings (SSSR count). The number of hydrogen-bond acceptors (Lipinski definition) is 2. The molecular weight excluding hydrogens is 286 g/mol. The van der Waals surface area contributed by atoms with Crippen LogP contribution in [0.3, 0.4) is 0 Å². The lowest BCUT2D eigenvalue weighted by Gasteiger charge is -2.15. The number of ether oxygens (including phenoxy) is 1. The normalized spacial score (nSPS) is 11.8. The van der Waals surface area contributed by atoms with E-state index in [1.54, 1.807) is 0 Å². The van der Waals surface area contributed by atoms with Crippen molar-refractivity contribution in [2.75, 3.05) is 6.61 Å². The molecule has 1 N–H and O–H groups in total. The van der Waals surface area contributed by atoms with Gasteiger partial charge in [-0.3, -0.25) is 4.79 Å². The van der Waals surface area contributed by atoms with Gasteiger partial charge in [0.2, 0.25) is 5.91 Å². The molecule has 1 atom stereocenters. The Labute approximate surface area is 138 Å². The van der Waals surface area contributed by atoms with Crippen LogP contribution >= 0.6 is 0 Å². The highest BCUT2D eigenvalue weighted by Gasteiger charge is 2.09. The van der Waals surface area contributed by atoms with Crippen molar-refractivity contribution in [3.05, 3.63) is 65.2 Å². The van der Waals surface area contributed by atoms with Crippen LogP contribution in [-0.4, -0.2) is 18.6 Å². The summed E-state index contributed by atoms with van der Waals surface area (Å²) in [6.07, 6.45) is 1.42. The third kappa shape index (κ3) is 5.78. The van der Waals surface area contributed by atoms with Crippen LogP contribution in [0.5, 0.6) is 5.75 Å². The van der Waals surface area contributed by atoms with Gasteiger partial charge < -0.3 is 10.1 Å². The summed E-state index contributed by atoms with van der Waals surface area (Å²) in [5.41, 5.74) is 3.52. The predicted octanol–water partition coefficient (Wildman–Crippen LogP) is 3.68. The largest absolute Gasteiger partial charge is 0.491 e. The average Bonchev–Trinajstić information content (AvgIpc) is 2.55. The summed E-state index contributed by atoms with van der Waals surface area (Å²) >= 11 is 0. The molecule has 0 fully saturated rings. The van der Waals surface area contributed by atoms with Crippen molar-refractivity contribution in [1.82, 2.24) is 5.32 Å². The van der Waals surface area contributed by atoms with E-state index in [1.807, 2.05) is 50.2 Å². The highest BCUT2D eigenvalue weighted by molar-refractivity contribution is 5.78. The lowest BCUT2D eigenvalue weighted by Crippen LogP contribution is -2.37. The molecule has 0 aliphatic rings. The average molecular weight is 311 g/mol. The highest BCUT2D eigenvalue weighted by atomic mass is 16.5. The zero-order valence-corrected chi connectivity index (χ0v) is 14.1. The molecule has 2 aromatic rings. The number of carbonyl (C=O) groups is 1. The van der Waals surface area contributed by atoms with Crippen LogP contribution in [-0.2, 0) is 17.6 Å². The molecule has 0 saturated carbocycles. The molecule has 0 aromatic heterocycles. The van der Waals surface area contributed by atoms with E-state index in [1.165, 1.54) is 11.1 Å². The topological polar surface area (TPSA) is 38.3 Å². The first-order valence-corrected chi connectivity index (χ1v) is 8.13. The minimum Gasteiger partial charge on any atom is -0.491 e. The maximum atomic E-state index is 12.1. The van der Waals surface area contributed by atoms with Crippen LogP contribution < -0.4 is 10.1 Å². The SMILES string of the molecule is CCc1ccc(CC(=O)N[C@@H](C)COc2ccc(C)cc2)cc1. The number of aryl methyl sites for hydroxylation is 2. The van der Waals surface area contributed by atoms with E-state index in [0.717, 1.165) is 17.7 Å². The summed E-state index contributed by atoms with van der Waals surface area (Å²) in [7, 11) is 0. The second-order valence-corrected chi connectivity index (χ2v) is 5.94. The number of nitrogens with one attached hydrogen (secondary N) is 1. The van der Waals surface area contributed by atoms with Crippen molar-refractivity contribution < 1.29 is 9.53 Å². The summed E-state index contributed by atoms with van der Waals surface area (Å²) in [4.78, 5) is 12.1. The fourth-order valence-electron chi connectivity index (χ4n) is 2.30. The Kier molecular flexibility index (Phi) is 6.21. The molecule has 0 spiro atoms. The molecule has 1 amide bonds. The molecule has 3 nitrogen and oxygen atoms in total. The summed E-state index contributed by atoms with van der Waals surface area (Å²) in [5, 5.41) is 2.97. The second kappa shape index (κ2) is 8.37. The maximum Gasteiger partial charge on any atom is 0.224 e. The molecule has 122 valence electrons. The van der Waals surface area contributed by atoms with Crippen molar-refractivity contribution in [3.63, 3.8) is 0 Å². The quantitative estimate of drug-likeness (QED) is 0.847. The van der Waals surface area contributed by atoms with Gasteiger partial charge in [-0.15, -0.1) is 0 Å². The van der Waals surface area contributed by atoms with E-state index >= 15 is 0 Å². The Morgan fingerprint density at radius 3 is 2.26 bits per heavy atom. The van der Waals surface area contributed by atoms with E-state index in [2.05, 4.69) is 24.4 Å². The van der Waals surface area contributed by atoms with Gasteiger partial charge in [-0.2, -0.15) is 0 Å². The number of rotatable bonds is 7. The Morgan fingerprint density at radius 2 is 1.65 bits per heavy atom. The van der Waals surface area contributed by atoms with Gasteiger partial charge in [0.1, 0.15) is 12.4 Å². The van der Waals surface area contributed by atoms with E-state index in [-0.39, 0.29) is 11.9 Å². The first-order chi connectivity index (χ1) is 11.1. The molecule has 0 aliphatic heterocycles. The number of hydrogen-bond donors (Lipinski definition) is 1. The van der Waals surface area contributed by atoms with Crippen LogP contribution in [0, 0.1) is 6.92 Å². The van der Waals surface area contributed by atoms with Gasteiger partial charge in [-0.25, -0.2) is 0 Å². The molecule has 0 unspecified atom stereocenters. The third-order valence-corrected chi connectivity index (χ3v) is 3.72. The molecule has 2 aromatic carbocycles. The van der Waals surface area contributed by atoms with Crippen LogP contribution in [0.1, 0.15) is 30.5 Å². The Morgan fingerprint density at radius 1 is 1.04 bits per heavy atom. The van der Waals surface area contributed by atoms with Crippen molar-refractivity contribution in [1.29, 1.82) is 0 Å². The fraction of sp³-hybridized carbons (Fsp3) is 0.350. The van der Waals surface area contributed by atoms with Crippen molar-refractivity contribution >= 4 is 5.91 Å². The van der Waals surface area contributed by atoms with Gasteiger partial charge in [0, 0.05) is 0 Å². The van der Waals surface area contributed by atoms with E-state index in [4.69, 9.17) is 4.74 Å². The van der Waals surface area contributed by atoms with Crippen LogP contribution in [0.4, 0.5) is 0 Å². The van der Waals surface area contributed by atoms with Gasteiger partial charge in [-0.1, -0.05) is 48.9 Å². The summed E-state index contributed by atoms with van der Waals surface area (Å²) < 4.78 is 5.69. The lowest BCUT2D eigenvalue weighted by molar-refractivity contribution is -0.121. The van der Waals surface area contributed by atoms with Crippen molar-refractivity contribution in [2.24, 2.45) is 0 Å². The zero-order chi connectivity index (χ0) is 16.7. The van der Waals surface area contributed by atoms with Crippen molar-refractivity contribution in [2.45, 2.75) is 39.7 Å². The molecule has 0 radical (unpaired) electrons. The second-order valence-electron chi connectivity index (χ2n) is 5.94. The Hall–Kier alpha value is -2.29. The number of amides is 1. The predicted molar refractivity (Wildman–Crippen MR) is 93.8 cm³/mol. The molecule has 0 saturated heterocycles. The summed E-state index contributed by atoms with van der Waals surface area (Å²) in [5.74, 6) is 0.848. The molecule has 0 heterocycles. The summed E-state index contributed by atoms with van der Waals surface area (Å²) in [6, 6.07) is 16.1. The lowest BCUT2D eigenvalue weighted by atomic mass is 10.1. The maximum absolute atomic E-state index is 12.1. The van der Waals surface area contributed by atoms with E-state index < -0.39 is 0 Å². The van der Waals surface area contributed by atoms with Gasteiger partial charge >= 0.3 is 0 Å². The summed E-state index contributed by atoms with van der Waals surface area (Å²) in [6.45, 7) is 6.58. The molecule has 0 bridgehead atoms. The molecular formula is C20H25NO2. The third-order valence-electron chi connectivity index (χ3n) is 3.72. The molecule has 23 heavy (non-hydrogen) atoms. The molecule has 3 heteroatoms. The zero-order valence-electron chi connectivity index (χ0n) is 14.1. The fourth-order valence-corrected chi connectivity index (χ4v) is 2.30.